The zero-order chi connectivity index (χ0) is 25.5. The summed E-state index contributed by atoms with van der Waals surface area (Å²) in [6.45, 7) is 6.41. The van der Waals surface area contributed by atoms with Gasteiger partial charge in [0.05, 0.1) is 10.2 Å². The highest BCUT2D eigenvalue weighted by Gasteiger charge is 2.48. The number of aliphatic hydroxyl groups excluding tert-OH is 1. The van der Waals surface area contributed by atoms with Crippen molar-refractivity contribution >= 4 is 44.4 Å². The lowest BCUT2D eigenvalue weighted by atomic mass is 9.77. The standard InChI is InChI=1S/C29H34N2O3S2/c1-28(2,3)20-15-21-24(36-27(30)31-21)16-23(20)35-25-22(32)17-29(34-26(25)33,19-11-7-8-12-19)14-13-18-9-5-4-6-10-18/h4-6,9-10,15-16,19,32H,7-8,11-14,17H2,1-3H3,(H2,30,31)/t29-/m0/s1. The Morgan fingerprint density at radius 3 is 2.58 bits per heavy atom. The Bertz CT molecular complexity index is 1300. The predicted octanol–water partition coefficient (Wildman–Crippen LogP) is 7.55. The Balaban J connectivity index is 1.48. The van der Waals surface area contributed by atoms with E-state index in [0.717, 1.165) is 59.2 Å². The van der Waals surface area contributed by atoms with Gasteiger partial charge in [0.25, 0.3) is 0 Å². The molecule has 0 amide bonds. The third-order valence-electron chi connectivity index (χ3n) is 7.52. The number of rotatable bonds is 6. The van der Waals surface area contributed by atoms with E-state index < -0.39 is 11.6 Å². The van der Waals surface area contributed by atoms with Crippen LogP contribution in [0.1, 0.15) is 70.4 Å². The molecule has 1 saturated carbocycles. The number of aromatic nitrogens is 1. The van der Waals surface area contributed by atoms with Crippen LogP contribution < -0.4 is 5.73 Å². The van der Waals surface area contributed by atoms with Crippen molar-refractivity contribution in [2.75, 3.05) is 5.73 Å². The molecule has 0 saturated heterocycles. The number of nitrogens with zero attached hydrogens (tertiary/aromatic N) is 1. The molecule has 5 nitrogen and oxygen atoms in total. The highest BCUT2D eigenvalue weighted by atomic mass is 32.2. The van der Waals surface area contributed by atoms with Gasteiger partial charge in [-0.1, -0.05) is 87.0 Å². The molecule has 0 radical (unpaired) electrons. The number of benzene rings is 2. The first kappa shape index (κ1) is 25.2. The summed E-state index contributed by atoms with van der Waals surface area (Å²) >= 11 is 2.74. The Hall–Kier alpha value is -2.51. The number of thiazole rings is 1. The minimum atomic E-state index is -0.652. The monoisotopic (exact) mass is 522 g/mol. The average molecular weight is 523 g/mol. The minimum Gasteiger partial charge on any atom is -0.511 e. The molecule has 1 aliphatic heterocycles. The van der Waals surface area contributed by atoms with Gasteiger partial charge in [-0.3, -0.25) is 0 Å². The van der Waals surface area contributed by atoms with Crippen LogP contribution in [-0.2, 0) is 21.4 Å². The summed E-state index contributed by atoms with van der Waals surface area (Å²) in [6, 6.07) is 14.4. The summed E-state index contributed by atoms with van der Waals surface area (Å²) < 4.78 is 7.31. The highest BCUT2D eigenvalue weighted by Crippen LogP contribution is 2.49. The van der Waals surface area contributed by atoms with Gasteiger partial charge in [-0.15, -0.1) is 0 Å². The van der Waals surface area contributed by atoms with Crippen LogP contribution in [0.25, 0.3) is 10.2 Å². The Labute approximate surface area is 221 Å². The number of aliphatic hydroxyl groups is 1. The number of anilines is 1. The van der Waals surface area contributed by atoms with E-state index in [0.29, 0.717) is 16.5 Å². The predicted molar refractivity (Wildman–Crippen MR) is 148 cm³/mol. The van der Waals surface area contributed by atoms with Crippen LogP contribution in [0.2, 0.25) is 0 Å². The average Bonchev–Trinajstić information content (AvgIpc) is 3.49. The van der Waals surface area contributed by atoms with E-state index in [1.54, 1.807) is 0 Å². The SMILES string of the molecule is CC(C)(C)c1cc2nc(N)sc2cc1SC1=C(O)C[C@@](CCc2ccccc2)(C2CCCC2)OC1=O. The van der Waals surface area contributed by atoms with Crippen molar-refractivity contribution in [2.45, 2.75) is 81.6 Å². The van der Waals surface area contributed by atoms with Crippen molar-refractivity contribution in [3.8, 4) is 0 Å². The summed E-state index contributed by atoms with van der Waals surface area (Å²) in [5.74, 6) is 0.0213. The van der Waals surface area contributed by atoms with Crippen LogP contribution in [0.3, 0.4) is 0 Å². The molecule has 5 rings (SSSR count). The van der Waals surface area contributed by atoms with Crippen LogP contribution in [0.5, 0.6) is 0 Å². The normalized spacial score (nSPS) is 21.4. The third-order valence-corrected chi connectivity index (χ3v) is 9.53. The first-order valence-corrected chi connectivity index (χ1v) is 14.4. The third kappa shape index (κ3) is 5.00. The van der Waals surface area contributed by atoms with Crippen LogP contribution in [-0.4, -0.2) is 21.7 Å². The molecule has 0 bridgehead atoms. The Morgan fingerprint density at radius 2 is 1.92 bits per heavy atom. The number of aryl methyl sites for hydroxylation is 1. The molecule has 2 aromatic carbocycles. The lowest BCUT2D eigenvalue weighted by Crippen LogP contribution is -2.45. The van der Waals surface area contributed by atoms with Gasteiger partial charge in [-0.25, -0.2) is 9.78 Å². The second-order valence-corrected chi connectivity index (χ2v) is 13.2. The van der Waals surface area contributed by atoms with Crippen molar-refractivity contribution in [2.24, 2.45) is 5.92 Å². The molecule has 3 aromatic rings. The van der Waals surface area contributed by atoms with E-state index in [1.165, 1.54) is 28.7 Å². The molecule has 2 aliphatic rings. The van der Waals surface area contributed by atoms with E-state index in [9.17, 15) is 9.90 Å². The molecule has 0 spiro atoms. The van der Waals surface area contributed by atoms with Crippen molar-refractivity contribution in [3.63, 3.8) is 0 Å². The number of esters is 1. The second kappa shape index (κ2) is 9.75. The maximum absolute atomic E-state index is 13.5. The van der Waals surface area contributed by atoms with Gasteiger partial charge in [0.1, 0.15) is 16.3 Å². The van der Waals surface area contributed by atoms with Gasteiger partial charge in [0, 0.05) is 11.3 Å². The number of hydrogen-bond donors (Lipinski definition) is 2. The van der Waals surface area contributed by atoms with E-state index >= 15 is 0 Å². The molecule has 190 valence electrons. The largest absolute Gasteiger partial charge is 0.511 e. The summed E-state index contributed by atoms with van der Waals surface area (Å²) in [6.07, 6.45) is 6.28. The number of thioether (sulfide) groups is 1. The summed E-state index contributed by atoms with van der Waals surface area (Å²) in [4.78, 5) is 19.2. The fraction of sp³-hybridized carbons (Fsp3) is 0.448. The number of cyclic esters (lactones) is 1. The molecule has 3 N–H and O–H groups in total. The zero-order valence-corrected chi connectivity index (χ0v) is 22.8. The first-order valence-electron chi connectivity index (χ1n) is 12.7. The molecule has 2 heterocycles. The number of nitrogens with two attached hydrogens (primary N) is 1. The number of hydrogen-bond acceptors (Lipinski definition) is 7. The van der Waals surface area contributed by atoms with Crippen LogP contribution in [0.4, 0.5) is 5.13 Å². The molecule has 1 aromatic heterocycles. The lowest BCUT2D eigenvalue weighted by Gasteiger charge is -2.41. The topological polar surface area (TPSA) is 85.4 Å². The van der Waals surface area contributed by atoms with Crippen molar-refractivity contribution in [1.82, 2.24) is 4.98 Å². The van der Waals surface area contributed by atoms with Gasteiger partial charge >= 0.3 is 5.97 Å². The van der Waals surface area contributed by atoms with Crippen molar-refractivity contribution in [3.05, 3.63) is 64.3 Å². The van der Waals surface area contributed by atoms with Gasteiger partial charge in [-0.05, 0) is 60.3 Å². The maximum Gasteiger partial charge on any atom is 0.349 e. The Morgan fingerprint density at radius 1 is 1.19 bits per heavy atom. The summed E-state index contributed by atoms with van der Waals surface area (Å²) in [5.41, 5.74) is 8.29. The number of ether oxygens (including phenoxy) is 1. The smallest absolute Gasteiger partial charge is 0.349 e. The van der Waals surface area contributed by atoms with Gasteiger partial charge in [-0.2, -0.15) is 0 Å². The first-order chi connectivity index (χ1) is 17.1. The van der Waals surface area contributed by atoms with Crippen molar-refractivity contribution in [1.29, 1.82) is 0 Å². The lowest BCUT2D eigenvalue weighted by molar-refractivity contribution is -0.166. The van der Waals surface area contributed by atoms with Gasteiger partial charge in [0.15, 0.2) is 5.13 Å². The molecule has 1 atom stereocenters. The quantitative estimate of drug-likeness (QED) is 0.325. The molecule has 1 fully saturated rings. The molecular weight excluding hydrogens is 488 g/mol. The zero-order valence-electron chi connectivity index (χ0n) is 21.2. The van der Waals surface area contributed by atoms with E-state index in [4.69, 9.17) is 10.5 Å². The van der Waals surface area contributed by atoms with Gasteiger partial charge < -0.3 is 15.6 Å². The Kier molecular flexibility index (Phi) is 6.81. The number of carbonyl (C=O) groups excluding carboxylic acids is 1. The fourth-order valence-electron chi connectivity index (χ4n) is 5.63. The summed E-state index contributed by atoms with van der Waals surface area (Å²) in [7, 11) is 0. The van der Waals surface area contributed by atoms with Crippen LogP contribution in [0.15, 0.2) is 58.0 Å². The minimum absolute atomic E-state index is 0.153. The second-order valence-electron chi connectivity index (χ2n) is 11.1. The van der Waals surface area contributed by atoms with E-state index in [-0.39, 0.29) is 17.1 Å². The fourth-order valence-corrected chi connectivity index (χ4v) is 7.64. The number of nitrogen functional groups attached to an aromatic ring is 1. The highest BCUT2D eigenvalue weighted by molar-refractivity contribution is 8.04. The molecule has 1 aliphatic carbocycles. The summed E-state index contributed by atoms with van der Waals surface area (Å²) in [5, 5.41) is 11.9. The molecule has 0 unspecified atom stereocenters. The van der Waals surface area contributed by atoms with Crippen LogP contribution in [0, 0.1) is 5.92 Å². The van der Waals surface area contributed by atoms with E-state index in [2.05, 4.69) is 44.0 Å². The van der Waals surface area contributed by atoms with Crippen molar-refractivity contribution < 1.29 is 14.6 Å². The van der Waals surface area contributed by atoms with Crippen LogP contribution >= 0.6 is 23.1 Å². The maximum atomic E-state index is 13.5. The molecular formula is C29H34N2O3S2. The van der Waals surface area contributed by atoms with Gasteiger partial charge in [0.2, 0.25) is 0 Å². The number of carbonyl (C=O) groups is 1. The van der Waals surface area contributed by atoms with E-state index in [1.807, 2.05) is 24.3 Å². The molecule has 36 heavy (non-hydrogen) atoms. The molecule has 7 heteroatoms. The number of fused-ring (bicyclic) bond motifs is 1.